The van der Waals surface area contributed by atoms with Gasteiger partial charge >= 0.3 is 0 Å². The Balaban J connectivity index is 2.10. The van der Waals surface area contributed by atoms with Crippen LogP contribution in [0.25, 0.3) is 0 Å². The molecule has 0 amide bonds. The molecule has 90 valence electrons. The van der Waals surface area contributed by atoms with Crippen LogP contribution in [-0.4, -0.2) is 10.6 Å². The summed E-state index contributed by atoms with van der Waals surface area (Å²) in [6, 6.07) is 8.36. The van der Waals surface area contributed by atoms with E-state index in [-0.39, 0.29) is 0 Å². The van der Waals surface area contributed by atoms with Gasteiger partial charge in [-0.1, -0.05) is 24.3 Å². The summed E-state index contributed by atoms with van der Waals surface area (Å²) in [7, 11) is 0. The number of aryl methyl sites for hydroxylation is 1. The number of benzene rings is 1. The first kappa shape index (κ1) is 12.3. The number of hydrogen-bond acceptors (Lipinski definition) is 5. The molecule has 0 aliphatic carbocycles. The molecule has 0 radical (unpaired) electrons. The van der Waals surface area contributed by atoms with Gasteiger partial charge in [0.05, 0.1) is 4.90 Å². The minimum Gasteiger partial charge on any atom is -0.382 e. The smallest absolute Gasteiger partial charge is 0.153 e. The Morgan fingerprint density at radius 1 is 1.41 bits per heavy atom. The van der Waals surface area contributed by atoms with E-state index in [1.54, 1.807) is 11.8 Å². The molecule has 0 unspecified atom stereocenters. The zero-order valence-electron chi connectivity index (χ0n) is 9.86. The van der Waals surface area contributed by atoms with Gasteiger partial charge < -0.3 is 11.1 Å². The van der Waals surface area contributed by atoms with Crippen LogP contribution < -0.4 is 11.1 Å². The molecule has 3 N–H and O–H groups in total. The summed E-state index contributed by atoms with van der Waals surface area (Å²) >= 11 is 3.05. The highest BCUT2D eigenvalue weighted by molar-refractivity contribution is 7.99. The van der Waals surface area contributed by atoms with Gasteiger partial charge in [0.15, 0.2) is 5.82 Å². The van der Waals surface area contributed by atoms with Crippen molar-refractivity contribution in [2.45, 2.75) is 18.4 Å². The van der Waals surface area contributed by atoms with Crippen molar-refractivity contribution >= 4 is 34.1 Å². The lowest BCUT2D eigenvalue weighted by molar-refractivity contribution is 1.12. The van der Waals surface area contributed by atoms with Gasteiger partial charge in [0.25, 0.3) is 0 Å². The van der Waals surface area contributed by atoms with E-state index in [1.807, 2.05) is 6.26 Å². The molecule has 0 fully saturated rings. The fourth-order valence-corrected chi connectivity index (χ4v) is 3.12. The molecule has 1 aromatic carbocycles. The Labute approximate surface area is 110 Å². The predicted octanol–water partition coefficient (Wildman–Crippen LogP) is 3.37. The third-order valence-corrected chi connectivity index (χ3v) is 4.35. The van der Waals surface area contributed by atoms with Crippen LogP contribution in [0.5, 0.6) is 0 Å². The summed E-state index contributed by atoms with van der Waals surface area (Å²) in [5, 5.41) is 4.45. The van der Waals surface area contributed by atoms with Gasteiger partial charge in [0, 0.05) is 6.54 Å². The van der Waals surface area contributed by atoms with Gasteiger partial charge in [-0.25, -0.2) is 0 Å². The van der Waals surface area contributed by atoms with Crippen LogP contribution in [0.3, 0.4) is 0 Å². The third-order valence-electron chi connectivity index (χ3n) is 2.58. The number of nitrogen functional groups attached to an aromatic ring is 1. The quantitative estimate of drug-likeness (QED) is 0.832. The molecule has 17 heavy (non-hydrogen) atoms. The average Bonchev–Trinajstić information content (AvgIpc) is 2.69. The van der Waals surface area contributed by atoms with E-state index in [2.05, 4.69) is 40.9 Å². The van der Waals surface area contributed by atoms with Crippen molar-refractivity contribution in [3.63, 3.8) is 0 Å². The Morgan fingerprint density at radius 2 is 2.18 bits per heavy atom. The van der Waals surface area contributed by atoms with Crippen molar-refractivity contribution in [3.05, 3.63) is 35.4 Å². The molecule has 1 aromatic heterocycles. The highest BCUT2D eigenvalue weighted by Crippen LogP contribution is 2.34. The SMILES string of the molecule is CSc1c(N)nsc1NCc1ccccc1C. The second kappa shape index (κ2) is 5.42. The molecular formula is C12H15N3S2. The molecule has 2 rings (SSSR count). The number of anilines is 2. The molecule has 0 bridgehead atoms. The van der Waals surface area contributed by atoms with Crippen molar-refractivity contribution in [3.8, 4) is 0 Å². The molecular weight excluding hydrogens is 250 g/mol. The number of nitrogens with zero attached hydrogens (tertiary/aromatic N) is 1. The minimum atomic E-state index is 0.620. The van der Waals surface area contributed by atoms with Gasteiger partial charge in [0.1, 0.15) is 5.00 Å². The molecule has 2 aromatic rings. The van der Waals surface area contributed by atoms with E-state index in [0.29, 0.717) is 5.82 Å². The van der Waals surface area contributed by atoms with E-state index < -0.39 is 0 Å². The molecule has 0 aliphatic rings. The van der Waals surface area contributed by atoms with Crippen LogP contribution in [0.1, 0.15) is 11.1 Å². The number of hydrogen-bond donors (Lipinski definition) is 2. The number of thioether (sulfide) groups is 1. The largest absolute Gasteiger partial charge is 0.382 e. The summed E-state index contributed by atoms with van der Waals surface area (Å²) < 4.78 is 4.16. The van der Waals surface area contributed by atoms with E-state index in [9.17, 15) is 0 Å². The maximum Gasteiger partial charge on any atom is 0.153 e. The zero-order valence-corrected chi connectivity index (χ0v) is 11.5. The van der Waals surface area contributed by atoms with E-state index in [1.165, 1.54) is 22.7 Å². The number of aromatic nitrogens is 1. The lowest BCUT2D eigenvalue weighted by atomic mass is 10.1. The Morgan fingerprint density at radius 3 is 2.88 bits per heavy atom. The van der Waals surface area contributed by atoms with Gasteiger partial charge in [-0.3, -0.25) is 0 Å². The van der Waals surface area contributed by atoms with Crippen LogP contribution in [-0.2, 0) is 6.54 Å². The molecule has 1 heterocycles. The molecule has 0 saturated carbocycles. The second-order valence-electron chi connectivity index (χ2n) is 3.71. The fourth-order valence-electron chi connectivity index (χ4n) is 1.59. The molecule has 3 nitrogen and oxygen atoms in total. The molecule has 0 saturated heterocycles. The van der Waals surface area contributed by atoms with E-state index in [0.717, 1.165) is 16.4 Å². The van der Waals surface area contributed by atoms with Crippen LogP contribution >= 0.6 is 23.3 Å². The summed E-state index contributed by atoms with van der Waals surface area (Å²) in [4.78, 5) is 1.04. The number of nitrogens with one attached hydrogen (secondary N) is 1. The normalized spacial score (nSPS) is 10.5. The van der Waals surface area contributed by atoms with Crippen molar-refractivity contribution in [2.24, 2.45) is 0 Å². The molecule has 0 atom stereocenters. The topological polar surface area (TPSA) is 50.9 Å². The lowest BCUT2D eigenvalue weighted by Gasteiger charge is -2.08. The zero-order chi connectivity index (χ0) is 12.3. The Bertz CT molecular complexity index is 508. The maximum absolute atomic E-state index is 5.79. The molecule has 5 heteroatoms. The van der Waals surface area contributed by atoms with Crippen molar-refractivity contribution in [2.75, 3.05) is 17.3 Å². The Hall–Kier alpha value is -1.20. The van der Waals surface area contributed by atoms with Crippen molar-refractivity contribution in [1.29, 1.82) is 0 Å². The fraction of sp³-hybridized carbons (Fsp3) is 0.250. The monoisotopic (exact) mass is 265 g/mol. The lowest BCUT2D eigenvalue weighted by Crippen LogP contribution is -2.00. The third kappa shape index (κ3) is 2.73. The summed E-state index contributed by atoms with van der Waals surface area (Å²) in [5.41, 5.74) is 8.38. The highest BCUT2D eigenvalue weighted by Gasteiger charge is 2.09. The maximum atomic E-state index is 5.79. The first-order valence-corrected chi connectivity index (χ1v) is 7.29. The summed E-state index contributed by atoms with van der Waals surface area (Å²) in [5.74, 6) is 0.620. The molecule has 0 spiro atoms. The summed E-state index contributed by atoms with van der Waals surface area (Å²) in [6.07, 6.45) is 2.01. The predicted molar refractivity (Wildman–Crippen MR) is 76.8 cm³/mol. The van der Waals surface area contributed by atoms with Gasteiger partial charge in [-0.05, 0) is 35.8 Å². The molecule has 0 aliphatic heterocycles. The van der Waals surface area contributed by atoms with Crippen LogP contribution in [0.2, 0.25) is 0 Å². The van der Waals surface area contributed by atoms with Gasteiger partial charge in [-0.2, -0.15) is 4.37 Å². The van der Waals surface area contributed by atoms with Gasteiger partial charge in [-0.15, -0.1) is 11.8 Å². The summed E-state index contributed by atoms with van der Waals surface area (Å²) in [6.45, 7) is 2.93. The number of nitrogens with two attached hydrogens (primary N) is 1. The van der Waals surface area contributed by atoms with Crippen LogP contribution in [0, 0.1) is 6.92 Å². The highest BCUT2D eigenvalue weighted by atomic mass is 32.2. The number of rotatable bonds is 4. The second-order valence-corrected chi connectivity index (χ2v) is 5.30. The van der Waals surface area contributed by atoms with Crippen molar-refractivity contribution in [1.82, 2.24) is 4.37 Å². The first-order chi connectivity index (χ1) is 8.22. The van der Waals surface area contributed by atoms with Gasteiger partial charge in [0.2, 0.25) is 0 Å². The van der Waals surface area contributed by atoms with E-state index >= 15 is 0 Å². The van der Waals surface area contributed by atoms with Crippen molar-refractivity contribution < 1.29 is 0 Å². The minimum absolute atomic E-state index is 0.620. The average molecular weight is 265 g/mol. The van der Waals surface area contributed by atoms with Crippen LogP contribution in [0.15, 0.2) is 29.2 Å². The first-order valence-electron chi connectivity index (χ1n) is 5.30. The Kier molecular flexibility index (Phi) is 3.91. The standard InChI is InChI=1S/C12H15N3S2/c1-8-5-3-4-6-9(8)7-14-12-10(16-2)11(13)15-17-12/h3-6,14H,7H2,1-2H3,(H2,13,15). The van der Waals surface area contributed by atoms with Crippen LogP contribution in [0.4, 0.5) is 10.8 Å². The van der Waals surface area contributed by atoms with E-state index in [4.69, 9.17) is 5.73 Å².